The molecule has 2 rings (SSSR count). The van der Waals surface area contributed by atoms with E-state index in [2.05, 4.69) is 9.97 Å². The van der Waals surface area contributed by atoms with E-state index in [4.69, 9.17) is 14.2 Å². The summed E-state index contributed by atoms with van der Waals surface area (Å²) >= 11 is 0. The Hall–Kier alpha value is -1.75. The molecule has 98 valence electrons. The van der Waals surface area contributed by atoms with Crippen LogP contribution in [0.4, 0.5) is 0 Å². The van der Waals surface area contributed by atoms with E-state index in [0.717, 1.165) is 36.3 Å². The van der Waals surface area contributed by atoms with Crippen LogP contribution in [-0.2, 0) is 11.2 Å². The van der Waals surface area contributed by atoms with Crippen molar-refractivity contribution in [3.05, 3.63) is 18.0 Å². The molecule has 1 heterocycles. The lowest BCUT2D eigenvalue weighted by Gasteiger charge is -2.06. The van der Waals surface area contributed by atoms with Gasteiger partial charge in [0.1, 0.15) is 5.82 Å². The molecule has 2 aromatic rings. The molecule has 0 saturated carbocycles. The van der Waals surface area contributed by atoms with Gasteiger partial charge in [0.2, 0.25) is 0 Å². The molecule has 1 aromatic carbocycles. The second-order valence-corrected chi connectivity index (χ2v) is 4.00. The number of nitrogens with one attached hydrogen (secondary N) is 1. The number of aryl methyl sites for hydroxylation is 1. The number of fused-ring (bicyclic) bond motifs is 1. The molecule has 0 atom stereocenters. The van der Waals surface area contributed by atoms with Gasteiger partial charge in [-0.05, 0) is 6.42 Å². The normalized spacial score (nSPS) is 10.8. The van der Waals surface area contributed by atoms with Crippen molar-refractivity contribution in [2.45, 2.75) is 12.8 Å². The molecule has 5 nitrogen and oxygen atoms in total. The van der Waals surface area contributed by atoms with Crippen LogP contribution in [0.2, 0.25) is 0 Å². The highest BCUT2D eigenvalue weighted by Crippen LogP contribution is 2.31. The second-order valence-electron chi connectivity index (χ2n) is 4.00. The number of hydrogen-bond acceptors (Lipinski definition) is 4. The SMILES string of the molecule is COCCCc1nc2cc(OC)c(OC)cc2[nH]1. The number of H-pyrrole nitrogens is 1. The zero-order valence-electron chi connectivity index (χ0n) is 10.9. The van der Waals surface area contributed by atoms with Gasteiger partial charge in [-0.2, -0.15) is 0 Å². The summed E-state index contributed by atoms with van der Waals surface area (Å²) < 4.78 is 15.5. The van der Waals surface area contributed by atoms with E-state index in [-0.39, 0.29) is 0 Å². The number of imidazole rings is 1. The van der Waals surface area contributed by atoms with Crippen LogP contribution >= 0.6 is 0 Å². The Morgan fingerprint density at radius 3 is 2.50 bits per heavy atom. The van der Waals surface area contributed by atoms with Gasteiger partial charge in [0.15, 0.2) is 11.5 Å². The predicted octanol–water partition coefficient (Wildman–Crippen LogP) is 2.16. The molecule has 0 bridgehead atoms. The van der Waals surface area contributed by atoms with Gasteiger partial charge in [-0.25, -0.2) is 4.98 Å². The van der Waals surface area contributed by atoms with Gasteiger partial charge < -0.3 is 19.2 Å². The number of benzene rings is 1. The lowest BCUT2D eigenvalue weighted by Crippen LogP contribution is -1.93. The van der Waals surface area contributed by atoms with Crippen LogP contribution in [0.5, 0.6) is 11.5 Å². The van der Waals surface area contributed by atoms with Gasteiger partial charge in [-0.1, -0.05) is 0 Å². The molecule has 0 amide bonds. The Morgan fingerprint density at radius 2 is 1.83 bits per heavy atom. The Balaban J connectivity index is 2.27. The molecule has 0 spiro atoms. The maximum atomic E-state index is 5.26. The van der Waals surface area contributed by atoms with E-state index in [1.165, 1.54) is 0 Å². The molecule has 18 heavy (non-hydrogen) atoms. The minimum absolute atomic E-state index is 0.694. The van der Waals surface area contributed by atoms with Crippen molar-refractivity contribution in [1.29, 1.82) is 0 Å². The van der Waals surface area contributed by atoms with Crippen LogP contribution in [0.15, 0.2) is 12.1 Å². The third kappa shape index (κ3) is 2.56. The van der Waals surface area contributed by atoms with Gasteiger partial charge in [0.25, 0.3) is 0 Å². The van der Waals surface area contributed by atoms with Gasteiger partial charge in [-0.3, -0.25) is 0 Å². The third-order valence-electron chi connectivity index (χ3n) is 2.80. The number of rotatable bonds is 6. The topological polar surface area (TPSA) is 56.4 Å². The molecular formula is C13H18N2O3. The van der Waals surface area contributed by atoms with Crippen molar-refractivity contribution in [1.82, 2.24) is 9.97 Å². The van der Waals surface area contributed by atoms with Crippen LogP contribution < -0.4 is 9.47 Å². The van der Waals surface area contributed by atoms with Crippen molar-refractivity contribution in [2.75, 3.05) is 27.9 Å². The van der Waals surface area contributed by atoms with Gasteiger partial charge >= 0.3 is 0 Å². The fourth-order valence-corrected chi connectivity index (χ4v) is 1.89. The average molecular weight is 250 g/mol. The van der Waals surface area contributed by atoms with Crippen molar-refractivity contribution in [2.24, 2.45) is 0 Å². The van der Waals surface area contributed by atoms with Crippen LogP contribution in [-0.4, -0.2) is 37.9 Å². The quantitative estimate of drug-likeness (QED) is 0.798. The standard InChI is InChI=1S/C13H18N2O3/c1-16-6-4-5-13-14-9-7-11(17-2)12(18-3)8-10(9)15-13/h7-8H,4-6H2,1-3H3,(H,14,15). The summed E-state index contributed by atoms with van der Waals surface area (Å²) in [5.74, 6) is 2.36. The number of aromatic amines is 1. The molecule has 0 fully saturated rings. The highest BCUT2D eigenvalue weighted by atomic mass is 16.5. The number of ether oxygens (including phenoxy) is 3. The maximum absolute atomic E-state index is 5.26. The average Bonchev–Trinajstić information content (AvgIpc) is 2.78. The number of nitrogens with zero attached hydrogens (tertiary/aromatic N) is 1. The molecule has 0 aliphatic carbocycles. The van der Waals surface area contributed by atoms with E-state index >= 15 is 0 Å². The van der Waals surface area contributed by atoms with E-state index in [1.807, 2.05) is 12.1 Å². The van der Waals surface area contributed by atoms with E-state index in [1.54, 1.807) is 21.3 Å². The van der Waals surface area contributed by atoms with Crippen LogP contribution in [0.25, 0.3) is 11.0 Å². The van der Waals surface area contributed by atoms with Crippen molar-refractivity contribution in [3.63, 3.8) is 0 Å². The molecule has 0 aliphatic heterocycles. The summed E-state index contributed by atoms with van der Waals surface area (Å²) in [6.45, 7) is 0.740. The van der Waals surface area contributed by atoms with Gasteiger partial charge in [0, 0.05) is 32.3 Å². The first-order valence-corrected chi connectivity index (χ1v) is 5.88. The number of aromatic nitrogens is 2. The first kappa shape index (κ1) is 12.7. The Bertz CT molecular complexity index is 481. The highest BCUT2D eigenvalue weighted by molar-refractivity contribution is 5.79. The largest absolute Gasteiger partial charge is 0.493 e. The Morgan fingerprint density at radius 1 is 1.11 bits per heavy atom. The number of methoxy groups -OCH3 is 3. The molecule has 1 aromatic heterocycles. The maximum Gasteiger partial charge on any atom is 0.163 e. The minimum atomic E-state index is 0.694. The zero-order chi connectivity index (χ0) is 13.0. The molecule has 0 aliphatic rings. The van der Waals surface area contributed by atoms with Crippen LogP contribution in [0.3, 0.4) is 0 Å². The first-order valence-electron chi connectivity index (χ1n) is 5.88. The molecule has 1 N–H and O–H groups in total. The summed E-state index contributed by atoms with van der Waals surface area (Å²) in [5, 5.41) is 0. The first-order chi connectivity index (χ1) is 8.78. The minimum Gasteiger partial charge on any atom is -0.493 e. The van der Waals surface area contributed by atoms with Crippen molar-refractivity contribution < 1.29 is 14.2 Å². The van der Waals surface area contributed by atoms with E-state index in [9.17, 15) is 0 Å². The molecule has 0 radical (unpaired) electrons. The van der Waals surface area contributed by atoms with Crippen molar-refractivity contribution in [3.8, 4) is 11.5 Å². The lowest BCUT2D eigenvalue weighted by atomic mass is 10.3. The summed E-state index contributed by atoms with van der Waals surface area (Å²) in [6.07, 6.45) is 1.82. The van der Waals surface area contributed by atoms with Crippen molar-refractivity contribution >= 4 is 11.0 Å². The zero-order valence-corrected chi connectivity index (χ0v) is 10.9. The summed E-state index contributed by atoms with van der Waals surface area (Å²) in [4.78, 5) is 7.80. The molecule has 0 saturated heterocycles. The monoisotopic (exact) mass is 250 g/mol. The molecule has 0 unspecified atom stereocenters. The molecule has 5 heteroatoms. The van der Waals surface area contributed by atoms with Crippen LogP contribution in [0.1, 0.15) is 12.2 Å². The predicted molar refractivity (Wildman–Crippen MR) is 69.4 cm³/mol. The Labute approximate surface area is 106 Å². The van der Waals surface area contributed by atoms with E-state index < -0.39 is 0 Å². The fourth-order valence-electron chi connectivity index (χ4n) is 1.89. The van der Waals surface area contributed by atoms with Gasteiger partial charge in [0.05, 0.1) is 25.3 Å². The third-order valence-corrected chi connectivity index (χ3v) is 2.80. The van der Waals surface area contributed by atoms with E-state index in [0.29, 0.717) is 11.5 Å². The Kier molecular flexibility index (Phi) is 4.04. The summed E-state index contributed by atoms with van der Waals surface area (Å²) in [5.41, 5.74) is 1.85. The smallest absolute Gasteiger partial charge is 0.163 e. The fraction of sp³-hybridized carbons (Fsp3) is 0.462. The summed E-state index contributed by atoms with van der Waals surface area (Å²) in [6, 6.07) is 3.78. The molecular weight excluding hydrogens is 232 g/mol. The number of hydrogen-bond donors (Lipinski definition) is 1. The lowest BCUT2D eigenvalue weighted by molar-refractivity contribution is 0.194. The van der Waals surface area contributed by atoms with Crippen LogP contribution in [0, 0.1) is 0 Å². The van der Waals surface area contributed by atoms with Gasteiger partial charge in [-0.15, -0.1) is 0 Å². The highest BCUT2D eigenvalue weighted by Gasteiger charge is 2.09. The summed E-state index contributed by atoms with van der Waals surface area (Å²) in [7, 11) is 4.95. The second kappa shape index (κ2) is 5.73.